The fourth-order valence-corrected chi connectivity index (χ4v) is 2.56. The first kappa shape index (κ1) is 13.7. The van der Waals surface area contributed by atoms with Crippen LogP contribution in [0.5, 0.6) is 0 Å². The third-order valence-corrected chi connectivity index (χ3v) is 3.96. The van der Waals surface area contributed by atoms with Crippen molar-refractivity contribution >= 4 is 11.6 Å². The van der Waals surface area contributed by atoms with Crippen molar-refractivity contribution in [2.45, 2.75) is 25.8 Å². The van der Waals surface area contributed by atoms with E-state index < -0.39 is 0 Å². The molecule has 2 heterocycles. The van der Waals surface area contributed by atoms with Gasteiger partial charge in [-0.05, 0) is 24.5 Å². The number of hydrogen-bond acceptors (Lipinski definition) is 4. The molecule has 0 saturated heterocycles. The van der Waals surface area contributed by atoms with Crippen molar-refractivity contribution in [1.82, 2.24) is 14.7 Å². The van der Waals surface area contributed by atoms with Crippen LogP contribution in [0.3, 0.4) is 0 Å². The third kappa shape index (κ3) is 2.66. The van der Waals surface area contributed by atoms with Gasteiger partial charge in [-0.25, -0.2) is 0 Å². The van der Waals surface area contributed by atoms with E-state index in [-0.39, 0.29) is 11.6 Å². The van der Waals surface area contributed by atoms with Gasteiger partial charge in [-0.1, -0.05) is 6.92 Å². The van der Waals surface area contributed by atoms with Crippen molar-refractivity contribution in [2.75, 3.05) is 12.8 Å². The Hall–Kier alpha value is -2.24. The molecule has 0 bridgehead atoms. The second-order valence-electron chi connectivity index (χ2n) is 5.89. The summed E-state index contributed by atoms with van der Waals surface area (Å²) in [4.78, 5) is 13.9. The van der Waals surface area contributed by atoms with Crippen molar-refractivity contribution in [3.8, 4) is 0 Å². The number of amides is 1. The van der Waals surface area contributed by atoms with Crippen molar-refractivity contribution in [3.05, 3.63) is 35.5 Å². The van der Waals surface area contributed by atoms with E-state index in [1.165, 1.54) is 11.1 Å². The minimum Gasteiger partial charge on any atom is -0.464 e. The van der Waals surface area contributed by atoms with Gasteiger partial charge < -0.3 is 15.1 Å². The summed E-state index contributed by atoms with van der Waals surface area (Å²) in [5.74, 6) is 2.86. The molecule has 2 N–H and O–H groups in total. The standard InChI is InChI=1S/C15H20N4O2/c1-9-6-11(9)13-5-4-10(21-13)7-18(2)15(20)14-12(16)8-19(3)17-14/h4-5,8-9,11H,6-7,16H2,1-3H3. The second kappa shape index (κ2) is 4.95. The maximum absolute atomic E-state index is 12.3. The van der Waals surface area contributed by atoms with Gasteiger partial charge in [-0.2, -0.15) is 5.10 Å². The monoisotopic (exact) mass is 288 g/mol. The number of aromatic nitrogens is 2. The average Bonchev–Trinajstić information content (AvgIpc) is 2.84. The number of carbonyl (C=O) groups excluding carboxylic acids is 1. The Bertz CT molecular complexity index is 673. The highest BCUT2D eigenvalue weighted by molar-refractivity contribution is 5.96. The molecule has 2 aromatic rings. The number of aryl methyl sites for hydroxylation is 1. The summed E-state index contributed by atoms with van der Waals surface area (Å²) in [5, 5.41) is 4.10. The summed E-state index contributed by atoms with van der Waals surface area (Å²) >= 11 is 0. The van der Waals surface area contributed by atoms with E-state index in [0.29, 0.717) is 24.1 Å². The molecule has 2 atom stereocenters. The maximum atomic E-state index is 12.3. The van der Waals surface area contributed by atoms with Crippen LogP contribution in [-0.2, 0) is 13.6 Å². The molecule has 0 spiro atoms. The summed E-state index contributed by atoms with van der Waals surface area (Å²) in [6.45, 7) is 2.63. The predicted octanol–water partition coefficient (Wildman–Crippen LogP) is 1.99. The third-order valence-electron chi connectivity index (χ3n) is 3.96. The van der Waals surface area contributed by atoms with Crippen LogP contribution in [0.2, 0.25) is 0 Å². The van der Waals surface area contributed by atoms with E-state index in [4.69, 9.17) is 10.2 Å². The number of anilines is 1. The zero-order chi connectivity index (χ0) is 15.1. The largest absolute Gasteiger partial charge is 0.464 e. The lowest BCUT2D eigenvalue weighted by atomic mass is 10.3. The fourth-order valence-electron chi connectivity index (χ4n) is 2.56. The van der Waals surface area contributed by atoms with Gasteiger partial charge in [-0.3, -0.25) is 9.48 Å². The molecule has 6 nitrogen and oxygen atoms in total. The van der Waals surface area contributed by atoms with Gasteiger partial charge >= 0.3 is 0 Å². The van der Waals surface area contributed by atoms with Crippen molar-refractivity contribution < 1.29 is 9.21 Å². The molecular weight excluding hydrogens is 268 g/mol. The van der Waals surface area contributed by atoms with E-state index in [2.05, 4.69) is 12.0 Å². The molecule has 1 amide bonds. The van der Waals surface area contributed by atoms with Crippen LogP contribution >= 0.6 is 0 Å². The normalized spacial score (nSPS) is 20.5. The summed E-state index contributed by atoms with van der Waals surface area (Å²) < 4.78 is 7.36. The Balaban J connectivity index is 1.68. The molecule has 2 aromatic heterocycles. The highest BCUT2D eigenvalue weighted by Crippen LogP contribution is 2.47. The number of nitrogen functional groups attached to an aromatic ring is 1. The van der Waals surface area contributed by atoms with Gasteiger partial charge in [0.1, 0.15) is 11.5 Å². The van der Waals surface area contributed by atoms with E-state index in [1.54, 1.807) is 25.2 Å². The molecule has 21 heavy (non-hydrogen) atoms. The average molecular weight is 288 g/mol. The molecule has 3 rings (SSSR count). The zero-order valence-electron chi connectivity index (χ0n) is 12.5. The van der Waals surface area contributed by atoms with E-state index in [9.17, 15) is 4.79 Å². The Morgan fingerprint density at radius 1 is 1.57 bits per heavy atom. The molecule has 1 aliphatic carbocycles. The van der Waals surface area contributed by atoms with Crippen LogP contribution in [0, 0.1) is 5.92 Å². The Kier molecular flexibility index (Phi) is 3.23. The van der Waals surface area contributed by atoms with Gasteiger partial charge in [0.15, 0.2) is 5.69 Å². The van der Waals surface area contributed by atoms with Crippen LogP contribution in [-0.4, -0.2) is 27.6 Å². The quantitative estimate of drug-likeness (QED) is 0.933. The van der Waals surface area contributed by atoms with Crippen molar-refractivity contribution in [3.63, 3.8) is 0 Å². The molecule has 1 fully saturated rings. The predicted molar refractivity (Wildman–Crippen MR) is 78.6 cm³/mol. The van der Waals surface area contributed by atoms with Gasteiger partial charge in [0.05, 0.1) is 12.2 Å². The van der Waals surface area contributed by atoms with Crippen LogP contribution in [0.15, 0.2) is 22.7 Å². The summed E-state index contributed by atoms with van der Waals surface area (Å²) in [5.41, 5.74) is 6.46. The number of rotatable bonds is 4. The van der Waals surface area contributed by atoms with Gasteiger partial charge in [-0.15, -0.1) is 0 Å². The van der Waals surface area contributed by atoms with Crippen LogP contribution in [0.25, 0.3) is 0 Å². The first-order valence-corrected chi connectivity index (χ1v) is 7.09. The van der Waals surface area contributed by atoms with E-state index >= 15 is 0 Å². The SMILES string of the molecule is CC1CC1c1ccc(CN(C)C(=O)c2nn(C)cc2N)o1. The van der Waals surface area contributed by atoms with Gasteiger partial charge in [0, 0.05) is 26.2 Å². The lowest BCUT2D eigenvalue weighted by Crippen LogP contribution is -2.27. The molecule has 0 aromatic carbocycles. The van der Waals surface area contributed by atoms with Crippen LogP contribution in [0.4, 0.5) is 5.69 Å². The fraction of sp³-hybridized carbons (Fsp3) is 0.467. The summed E-state index contributed by atoms with van der Waals surface area (Å²) in [6, 6.07) is 3.95. The molecule has 0 radical (unpaired) electrons. The van der Waals surface area contributed by atoms with Crippen LogP contribution in [0.1, 0.15) is 41.3 Å². The smallest absolute Gasteiger partial charge is 0.276 e. The molecule has 0 aliphatic heterocycles. The molecule has 1 saturated carbocycles. The molecule has 112 valence electrons. The lowest BCUT2D eigenvalue weighted by Gasteiger charge is -2.14. The topological polar surface area (TPSA) is 77.3 Å². The van der Waals surface area contributed by atoms with Crippen LogP contribution < -0.4 is 5.73 Å². The van der Waals surface area contributed by atoms with Gasteiger partial charge in [0.25, 0.3) is 5.91 Å². The number of nitrogens with two attached hydrogens (primary N) is 1. The summed E-state index contributed by atoms with van der Waals surface area (Å²) in [6.07, 6.45) is 2.81. The molecule has 2 unspecified atom stereocenters. The first-order valence-electron chi connectivity index (χ1n) is 7.09. The Labute approximate surface area is 123 Å². The zero-order valence-corrected chi connectivity index (χ0v) is 12.5. The number of nitrogens with zero attached hydrogens (tertiary/aromatic N) is 3. The van der Waals surface area contributed by atoms with E-state index in [0.717, 1.165) is 11.5 Å². The molecular formula is C15H20N4O2. The Morgan fingerprint density at radius 2 is 2.29 bits per heavy atom. The Morgan fingerprint density at radius 3 is 2.86 bits per heavy atom. The number of hydrogen-bond donors (Lipinski definition) is 1. The highest BCUT2D eigenvalue weighted by atomic mass is 16.3. The maximum Gasteiger partial charge on any atom is 0.276 e. The number of furan rings is 1. The second-order valence-corrected chi connectivity index (χ2v) is 5.89. The van der Waals surface area contributed by atoms with Crippen molar-refractivity contribution in [1.29, 1.82) is 0 Å². The first-order chi connectivity index (χ1) is 9.95. The number of carbonyl (C=O) groups is 1. The lowest BCUT2D eigenvalue weighted by molar-refractivity contribution is 0.0769. The highest BCUT2D eigenvalue weighted by Gasteiger charge is 2.36. The van der Waals surface area contributed by atoms with E-state index in [1.807, 2.05) is 12.1 Å². The molecule has 1 aliphatic rings. The summed E-state index contributed by atoms with van der Waals surface area (Å²) in [7, 11) is 3.46. The van der Waals surface area contributed by atoms with Crippen molar-refractivity contribution in [2.24, 2.45) is 13.0 Å². The minimum atomic E-state index is -0.203. The molecule has 6 heteroatoms. The minimum absolute atomic E-state index is 0.203. The van der Waals surface area contributed by atoms with Gasteiger partial charge in [0.2, 0.25) is 0 Å².